The third-order valence-electron chi connectivity index (χ3n) is 2.82. The molecule has 0 aliphatic carbocycles. The minimum atomic E-state index is 0.601. The molecule has 0 saturated heterocycles. The van der Waals surface area contributed by atoms with Crippen LogP contribution >= 0.6 is 0 Å². The number of ether oxygens (including phenoxy) is 1. The maximum absolute atomic E-state index is 5.42. The van der Waals surface area contributed by atoms with Crippen molar-refractivity contribution in [3.05, 3.63) is 18.2 Å². The summed E-state index contributed by atoms with van der Waals surface area (Å²) in [6.45, 7) is 4.86. The lowest BCUT2D eigenvalue weighted by atomic mass is 10.3. The van der Waals surface area contributed by atoms with Crippen molar-refractivity contribution in [1.82, 2.24) is 19.7 Å². The van der Waals surface area contributed by atoms with Crippen LogP contribution in [0.5, 0.6) is 5.75 Å². The van der Waals surface area contributed by atoms with E-state index in [9.17, 15) is 0 Å². The fourth-order valence-corrected chi connectivity index (χ4v) is 1.88. The van der Waals surface area contributed by atoms with Crippen molar-refractivity contribution >= 4 is 17.3 Å². The van der Waals surface area contributed by atoms with Gasteiger partial charge in [0.25, 0.3) is 0 Å². The Morgan fingerprint density at radius 3 is 2.65 bits per heavy atom. The molecule has 2 aromatic heterocycles. The number of methoxy groups -OCH3 is 1. The normalized spacial score (nSPS) is 10.4. The summed E-state index contributed by atoms with van der Waals surface area (Å²) in [4.78, 5) is 8.45. The maximum atomic E-state index is 5.42. The van der Waals surface area contributed by atoms with Gasteiger partial charge in [-0.3, -0.25) is 4.68 Å². The van der Waals surface area contributed by atoms with Crippen LogP contribution in [0.4, 0.5) is 17.3 Å². The van der Waals surface area contributed by atoms with Crippen LogP contribution in [-0.4, -0.2) is 33.4 Å². The highest BCUT2D eigenvalue weighted by molar-refractivity contribution is 5.69. The number of aryl methyl sites for hydroxylation is 2. The van der Waals surface area contributed by atoms with Gasteiger partial charge in [-0.1, -0.05) is 6.92 Å². The van der Waals surface area contributed by atoms with Crippen LogP contribution in [0, 0.1) is 6.92 Å². The maximum Gasteiger partial charge on any atom is 0.204 e. The lowest BCUT2D eigenvalue weighted by molar-refractivity contribution is 0.415. The third kappa shape index (κ3) is 2.98. The molecule has 0 bridgehead atoms. The van der Waals surface area contributed by atoms with E-state index in [1.165, 1.54) is 6.33 Å². The van der Waals surface area contributed by atoms with Crippen LogP contribution in [-0.2, 0) is 7.05 Å². The molecule has 0 unspecified atom stereocenters. The van der Waals surface area contributed by atoms with E-state index in [2.05, 4.69) is 32.6 Å². The molecule has 2 rings (SSSR count). The van der Waals surface area contributed by atoms with Crippen molar-refractivity contribution in [2.45, 2.75) is 20.3 Å². The predicted octanol–water partition coefficient (Wildman–Crippen LogP) is 2.09. The molecular formula is C13H20N6O. The lowest BCUT2D eigenvalue weighted by Crippen LogP contribution is -2.07. The molecule has 108 valence electrons. The Morgan fingerprint density at radius 1 is 1.30 bits per heavy atom. The van der Waals surface area contributed by atoms with Crippen LogP contribution in [0.25, 0.3) is 0 Å². The third-order valence-corrected chi connectivity index (χ3v) is 2.82. The Bertz CT molecular complexity index is 580. The summed E-state index contributed by atoms with van der Waals surface area (Å²) in [5.41, 5.74) is 1.79. The van der Waals surface area contributed by atoms with Gasteiger partial charge >= 0.3 is 0 Å². The number of aromatic nitrogens is 4. The molecule has 2 aromatic rings. The lowest BCUT2D eigenvalue weighted by Gasteiger charge is -2.13. The van der Waals surface area contributed by atoms with E-state index >= 15 is 0 Å². The molecule has 0 fully saturated rings. The van der Waals surface area contributed by atoms with Crippen molar-refractivity contribution in [3.63, 3.8) is 0 Å². The van der Waals surface area contributed by atoms with Crippen LogP contribution < -0.4 is 15.4 Å². The largest absolute Gasteiger partial charge is 0.490 e. The van der Waals surface area contributed by atoms with Gasteiger partial charge in [0.05, 0.1) is 18.5 Å². The smallest absolute Gasteiger partial charge is 0.204 e. The van der Waals surface area contributed by atoms with E-state index in [1.807, 2.05) is 20.2 Å². The minimum Gasteiger partial charge on any atom is -0.490 e. The molecule has 20 heavy (non-hydrogen) atoms. The molecule has 0 radical (unpaired) electrons. The first-order chi connectivity index (χ1) is 9.65. The topological polar surface area (TPSA) is 76.9 Å². The molecule has 2 N–H and O–H groups in total. The van der Waals surface area contributed by atoms with Gasteiger partial charge in [0.15, 0.2) is 11.6 Å². The number of hydrogen-bond donors (Lipinski definition) is 2. The number of rotatable bonds is 6. The average molecular weight is 276 g/mol. The monoisotopic (exact) mass is 276 g/mol. The highest BCUT2D eigenvalue weighted by atomic mass is 16.5. The Morgan fingerprint density at radius 2 is 2.05 bits per heavy atom. The fraction of sp³-hybridized carbons (Fsp3) is 0.462. The summed E-state index contributed by atoms with van der Waals surface area (Å²) in [5.74, 6) is 1.91. The molecule has 0 atom stereocenters. The van der Waals surface area contributed by atoms with Crippen LogP contribution in [0.1, 0.15) is 19.0 Å². The Hall–Kier alpha value is -2.31. The summed E-state index contributed by atoms with van der Waals surface area (Å²) in [6.07, 6.45) is 4.42. The average Bonchev–Trinajstić information content (AvgIpc) is 2.74. The molecular weight excluding hydrogens is 256 g/mol. The Kier molecular flexibility index (Phi) is 4.39. The number of nitrogens with zero attached hydrogens (tertiary/aromatic N) is 4. The van der Waals surface area contributed by atoms with Crippen molar-refractivity contribution in [3.8, 4) is 5.75 Å². The van der Waals surface area contributed by atoms with Gasteiger partial charge in [-0.15, -0.1) is 0 Å². The van der Waals surface area contributed by atoms with Crippen LogP contribution in [0.3, 0.4) is 0 Å². The molecule has 7 nitrogen and oxygen atoms in total. The van der Waals surface area contributed by atoms with Crippen LogP contribution in [0.15, 0.2) is 12.5 Å². The number of nitrogens with one attached hydrogen (secondary N) is 2. The van der Waals surface area contributed by atoms with E-state index in [4.69, 9.17) is 4.74 Å². The van der Waals surface area contributed by atoms with Crippen molar-refractivity contribution in [2.24, 2.45) is 7.05 Å². The molecule has 7 heteroatoms. The molecule has 0 spiro atoms. The van der Waals surface area contributed by atoms with E-state index in [0.717, 1.165) is 24.3 Å². The van der Waals surface area contributed by atoms with Gasteiger partial charge in [-0.2, -0.15) is 5.10 Å². The summed E-state index contributed by atoms with van der Waals surface area (Å²) in [7, 11) is 3.49. The second-order valence-corrected chi connectivity index (χ2v) is 4.46. The van der Waals surface area contributed by atoms with Gasteiger partial charge in [-0.25, -0.2) is 9.97 Å². The zero-order valence-electron chi connectivity index (χ0n) is 12.3. The second kappa shape index (κ2) is 6.23. The quantitative estimate of drug-likeness (QED) is 0.841. The van der Waals surface area contributed by atoms with Crippen molar-refractivity contribution in [2.75, 3.05) is 24.3 Å². The first-order valence-corrected chi connectivity index (χ1v) is 6.55. The number of anilines is 3. The molecule has 0 aliphatic rings. The van der Waals surface area contributed by atoms with Crippen molar-refractivity contribution in [1.29, 1.82) is 0 Å². The Balaban J connectivity index is 2.29. The zero-order chi connectivity index (χ0) is 14.5. The number of hydrogen-bond acceptors (Lipinski definition) is 6. The predicted molar refractivity (Wildman–Crippen MR) is 78.6 cm³/mol. The molecule has 0 aromatic carbocycles. The van der Waals surface area contributed by atoms with Crippen molar-refractivity contribution < 1.29 is 4.74 Å². The highest BCUT2D eigenvalue weighted by Crippen LogP contribution is 2.31. The second-order valence-electron chi connectivity index (χ2n) is 4.46. The molecule has 0 aliphatic heterocycles. The fourth-order valence-electron chi connectivity index (χ4n) is 1.88. The Labute approximate surface area is 118 Å². The zero-order valence-corrected chi connectivity index (χ0v) is 12.3. The summed E-state index contributed by atoms with van der Waals surface area (Å²) in [6, 6.07) is 0. The van der Waals surface area contributed by atoms with E-state index in [0.29, 0.717) is 17.4 Å². The van der Waals surface area contributed by atoms with E-state index in [1.54, 1.807) is 11.8 Å². The van der Waals surface area contributed by atoms with Gasteiger partial charge in [0.1, 0.15) is 6.33 Å². The van der Waals surface area contributed by atoms with Gasteiger partial charge in [0, 0.05) is 19.8 Å². The van der Waals surface area contributed by atoms with Gasteiger partial charge in [-0.05, 0) is 13.3 Å². The summed E-state index contributed by atoms with van der Waals surface area (Å²) >= 11 is 0. The summed E-state index contributed by atoms with van der Waals surface area (Å²) in [5, 5.41) is 10.7. The first-order valence-electron chi connectivity index (χ1n) is 6.55. The van der Waals surface area contributed by atoms with E-state index in [-0.39, 0.29) is 0 Å². The minimum absolute atomic E-state index is 0.601. The molecule has 0 saturated carbocycles. The van der Waals surface area contributed by atoms with Gasteiger partial charge in [0.2, 0.25) is 5.75 Å². The first kappa shape index (κ1) is 14.1. The van der Waals surface area contributed by atoms with Crippen LogP contribution in [0.2, 0.25) is 0 Å². The van der Waals surface area contributed by atoms with E-state index < -0.39 is 0 Å². The SMILES string of the molecule is CCCNc1ncnc(Nc2cn(C)nc2C)c1OC. The molecule has 2 heterocycles. The highest BCUT2D eigenvalue weighted by Gasteiger charge is 2.13. The molecule has 0 amide bonds. The standard InChI is InChI=1S/C13H20N6O/c1-5-6-14-12-11(20-4)13(16-8-15-12)17-10-7-19(3)18-9(10)2/h7-8H,5-6H2,1-4H3,(H2,14,15,16,17). The summed E-state index contributed by atoms with van der Waals surface area (Å²) < 4.78 is 7.17. The van der Waals surface area contributed by atoms with Gasteiger partial charge < -0.3 is 15.4 Å².